The van der Waals surface area contributed by atoms with Gasteiger partial charge in [0.2, 0.25) is 0 Å². The lowest BCUT2D eigenvalue weighted by molar-refractivity contribution is 0.0233. The fraction of sp³-hybridized carbons (Fsp3) is 0.235. The molecule has 2 aromatic carbocycles. The zero-order valence-electron chi connectivity index (χ0n) is 12.2. The summed E-state index contributed by atoms with van der Waals surface area (Å²) in [4.78, 5) is 17.1. The maximum absolute atomic E-state index is 11.9. The van der Waals surface area contributed by atoms with Gasteiger partial charge in [0.15, 0.2) is 0 Å². The minimum atomic E-state index is -0.276. The summed E-state index contributed by atoms with van der Waals surface area (Å²) in [5.41, 5.74) is 3.95. The molecular weight excluding hydrogens is 266 g/mol. The second-order valence-corrected chi connectivity index (χ2v) is 4.90. The highest BCUT2D eigenvalue weighted by atomic mass is 16.6. The topological polar surface area (TPSA) is 47.6 Å². The van der Waals surface area contributed by atoms with E-state index in [1.165, 1.54) is 0 Å². The maximum Gasteiger partial charge on any atom is 0.274 e. The van der Waals surface area contributed by atoms with Crippen molar-refractivity contribution in [2.75, 3.05) is 0 Å². The van der Waals surface area contributed by atoms with Crippen molar-refractivity contribution in [1.29, 1.82) is 0 Å². The Balaban J connectivity index is 1.83. The highest BCUT2D eigenvalue weighted by molar-refractivity contribution is 5.93. The molecule has 21 heavy (non-hydrogen) atoms. The number of hydrogen-bond acceptors (Lipinski definition) is 3. The highest BCUT2D eigenvalue weighted by Gasteiger charge is 2.06. The lowest BCUT2D eigenvalue weighted by atomic mass is 10.2. The average molecular weight is 285 g/mol. The standard InChI is InChI=1S/C17H19NO3/c1-13(2)21-16-10-8-15(9-11-16)17(19)18-20-12-14-6-4-3-5-7-14/h3-11,13H,12H2,1-2H3,(H,18,19). The van der Waals surface area contributed by atoms with Gasteiger partial charge in [-0.25, -0.2) is 5.48 Å². The van der Waals surface area contributed by atoms with Gasteiger partial charge in [0.1, 0.15) is 5.75 Å². The molecule has 1 amide bonds. The largest absolute Gasteiger partial charge is 0.491 e. The SMILES string of the molecule is CC(C)Oc1ccc(C(=O)NOCc2ccccc2)cc1. The van der Waals surface area contributed by atoms with Crippen LogP contribution >= 0.6 is 0 Å². The van der Waals surface area contributed by atoms with Crippen molar-refractivity contribution in [1.82, 2.24) is 5.48 Å². The second-order valence-electron chi connectivity index (χ2n) is 4.90. The van der Waals surface area contributed by atoms with E-state index in [9.17, 15) is 4.79 Å². The minimum absolute atomic E-state index is 0.110. The molecule has 0 aliphatic carbocycles. The molecule has 0 aliphatic heterocycles. The van der Waals surface area contributed by atoms with Gasteiger partial charge in [0, 0.05) is 5.56 Å². The summed E-state index contributed by atoms with van der Waals surface area (Å²) >= 11 is 0. The van der Waals surface area contributed by atoms with E-state index >= 15 is 0 Å². The number of benzene rings is 2. The highest BCUT2D eigenvalue weighted by Crippen LogP contribution is 2.13. The Morgan fingerprint density at radius 2 is 1.71 bits per heavy atom. The third-order valence-corrected chi connectivity index (χ3v) is 2.73. The third-order valence-electron chi connectivity index (χ3n) is 2.73. The van der Waals surface area contributed by atoms with Gasteiger partial charge in [0.25, 0.3) is 5.91 Å². The zero-order chi connectivity index (χ0) is 15.1. The summed E-state index contributed by atoms with van der Waals surface area (Å²) in [5.74, 6) is 0.466. The van der Waals surface area contributed by atoms with Crippen LogP contribution in [0.3, 0.4) is 0 Å². The van der Waals surface area contributed by atoms with E-state index < -0.39 is 0 Å². The van der Waals surface area contributed by atoms with Crippen LogP contribution in [0, 0.1) is 0 Å². The Kier molecular flexibility index (Phi) is 5.35. The van der Waals surface area contributed by atoms with Gasteiger partial charge < -0.3 is 4.74 Å². The number of nitrogens with one attached hydrogen (secondary N) is 1. The normalized spacial score (nSPS) is 10.4. The van der Waals surface area contributed by atoms with Crippen molar-refractivity contribution < 1.29 is 14.4 Å². The summed E-state index contributed by atoms with van der Waals surface area (Å²) < 4.78 is 5.52. The number of rotatable bonds is 6. The molecule has 0 saturated carbocycles. The number of hydroxylamine groups is 1. The van der Waals surface area contributed by atoms with Gasteiger partial charge in [-0.05, 0) is 43.7 Å². The van der Waals surface area contributed by atoms with Crippen molar-refractivity contribution in [3.05, 3.63) is 65.7 Å². The molecule has 0 aromatic heterocycles. The van der Waals surface area contributed by atoms with Crippen LogP contribution < -0.4 is 10.2 Å². The monoisotopic (exact) mass is 285 g/mol. The van der Waals surface area contributed by atoms with Gasteiger partial charge in [-0.2, -0.15) is 0 Å². The minimum Gasteiger partial charge on any atom is -0.491 e. The molecule has 2 aromatic rings. The quantitative estimate of drug-likeness (QED) is 0.828. The molecule has 0 saturated heterocycles. The van der Waals surface area contributed by atoms with Crippen molar-refractivity contribution in [3.8, 4) is 5.75 Å². The van der Waals surface area contributed by atoms with Crippen LogP contribution in [0.5, 0.6) is 5.75 Å². The molecule has 0 atom stereocenters. The summed E-state index contributed by atoms with van der Waals surface area (Å²) in [5, 5.41) is 0. The summed E-state index contributed by atoms with van der Waals surface area (Å²) in [6.45, 7) is 4.25. The predicted octanol–water partition coefficient (Wildman–Crippen LogP) is 3.34. The van der Waals surface area contributed by atoms with Crippen molar-refractivity contribution in [2.24, 2.45) is 0 Å². The first-order chi connectivity index (χ1) is 10.1. The Morgan fingerprint density at radius 1 is 1.05 bits per heavy atom. The van der Waals surface area contributed by atoms with Gasteiger partial charge >= 0.3 is 0 Å². The molecule has 0 fully saturated rings. The smallest absolute Gasteiger partial charge is 0.274 e. The summed E-state index contributed by atoms with van der Waals surface area (Å²) in [6, 6.07) is 16.6. The van der Waals surface area contributed by atoms with E-state index in [4.69, 9.17) is 9.57 Å². The van der Waals surface area contributed by atoms with Gasteiger partial charge in [0.05, 0.1) is 12.7 Å². The predicted molar refractivity (Wildman–Crippen MR) is 80.9 cm³/mol. The van der Waals surface area contributed by atoms with E-state index in [2.05, 4.69) is 5.48 Å². The summed E-state index contributed by atoms with van der Waals surface area (Å²) in [7, 11) is 0. The molecule has 4 heteroatoms. The van der Waals surface area contributed by atoms with E-state index in [1.807, 2.05) is 44.2 Å². The Bertz CT molecular complexity index is 564. The van der Waals surface area contributed by atoms with Gasteiger partial charge in [-0.15, -0.1) is 0 Å². The van der Waals surface area contributed by atoms with Crippen LogP contribution in [0.2, 0.25) is 0 Å². The molecule has 0 aliphatic rings. The summed E-state index contributed by atoms with van der Waals surface area (Å²) in [6.07, 6.45) is 0.110. The first kappa shape index (κ1) is 15.1. The molecular formula is C17H19NO3. The Morgan fingerprint density at radius 3 is 2.33 bits per heavy atom. The lowest BCUT2D eigenvalue weighted by Crippen LogP contribution is -2.23. The van der Waals surface area contributed by atoms with Crippen LogP contribution in [0.25, 0.3) is 0 Å². The number of carbonyl (C=O) groups is 1. The molecule has 0 heterocycles. The first-order valence-corrected chi connectivity index (χ1v) is 6.88. The molecule has 0 unspecified atom stereocenters. The van der Waals surface area contributed by atoms with Gasteiger partial charge in [-0.1, -0.05) is 30.3 Å². The second kappa shape index (κ2) is 7.45. The molecule has 0 radical (unpaired) electrons. The van der Waals surface area contributed by atoms with E-state index in [0.29, 0.717) is 12.2 Å². The average Bonchev–Trinajstić information content (AvgIpc) is 2.48. The van der Waals surface area contributed by atoms with Crippen LogP contribution in [0.15, 0.2) is 54.6 Å². The molecule has 0 bridgehead atoms. The number of amides is 1. The Hall–Kier alpha value is -2.33. The third kappa shape index (κ3) is 4.93. The van der Waals surface area contributed by atoms with E-state index in [-0.39, 0.29) is 12.0 Å². The van der Waals surface area contributed by atoms with E-state index in [1.54, 1.807) is 24.3 Å². The van der Waals surface area contributed by atoms with Crippen molar-refractivity contribution in [3.63, 3.8) is 0 Å². The molecule has 0 spiro atoms. The van der Waals surface area contributed by atoms with Crippen molar-refractivity contribution >= 4 is 5.91 Å². The van der Waals surface area contributed by atoms with Crippen molar-refractivity contribution in [2.45, 2.75) is 26.6 Å². The van der Waals surface area contributed by atoms with Gasteiger partial charge in [-0.3, -0.25) is 9.63 Å². The molecule has 1 N–H and O–H groups in total. The molecule has 2 rings (SSSR count). The number of hydrogen-bond donors (Lipinski definition) is 1. The van der Waals surface area contributed by atoms with E-state index in [0.717, 1.165) is 11.3 Å². The first-order valence-electron chi connectivity index (χ1n) is 6.88. The fourth-order valence-corrected chi connectivity index (χ4v) is 1.78. The van der Waals surface area contributed by atoms with Crippen LogP contribution in [0.4, 0.5) is 0 Å². The Labute approximate surface area is 124 Å². The fourth-order valence-electron chi connectivity index (χ4n) is 1.78. The number of ether oxygens (including phenoxy) is 1. The maximum atomic E-state index is 11.9. The molecule has 4 nitrogen and oxygen atoms in total. The van der Waals surface area contributed by atoms with Crippen LogP contribution in [-0.4, -0.2) is 12.0 Å². The lowest BCUT2D eigenvalue weighted by Gasteiger charge is -2.10. The number of carbonyl (C=O) groups excluding carboxylic acids is 1. The van der Waals surface area contributed by atoms with Crippen LogP contribution in [-0.2, 0) is 11.4 Å². The molecule has 110 valence electrons. The van der Waals surface area contributed by atoms with Crippen LogP contribution in [0.1, 0.15) is 29.8 Å². The zero-order valence-corrected chi connectivity index (χ0v) is 12.2.